The average Bonchev–Trinajstić information content (AvgIpc) is 3.34. The highest BCUT2D eigenvalue weighted by Crippen LogP contribution is 2.52. The Balaban J connectivity index is 1.68. The summed E-state index contributed by atoms with van der Waals surface area (Å²) in [4.78, 5) is 41.4. The maximum absolute atomic E-state index is 13.8. The van der Waals surface area contributed by atoms with Crippen LogP contribution in [0.1, 0.15) is 42.5 Å². The predicted molar refractivity (Wildman–Crippen MR) is 117 cm³/mol. The van der Waals surface area contributed by atoms with Crippen molar-refractivity contribution in [1.82, 2.24) is 9.55 Å². The minimum atomic E-state index is -4.07. The van der Waals surface area contributed by atoms with E-state index in [0.29, 0.717) is 11.1 Å². The maximum atomic E-state index is 13.8. The third kappa shape index (κ3) is 2.71. The Morgan fingerprint density at radius 1 is 1.22 bits per heavy atom. The Morgan fingerprint density at radius 2 is 1.97 bits per heavy atom. The number of nitro benzene ring substituents is 1. The van der Waals surface area contributed by atoms with E-state index in [1.54, 1.807) is 13.8 Å². The maximum Gasteiger partial charge on any atom is 0.586 e. The molecule has 11 nitrogen and oxygen atoms in total. The van der Waals surface area contributed by atoms with Crippen molar-refractivity contribution >= 4 is 22.6 Å². The number of carbonyl (C=O) groups is 1. The minimum Gasteiger partial charge on any atom is -0.458 e. The van der Waals surface area contributed by atoms with Gasteiger partial charge in [0.2, 0.25) is 0 Å². The van der Waals surface area contributed by atoms with E-state index in [0.717, 1.165) is 6.07 Å². The highest BCUT2D eigenvalue weighted by atomic mass is 19.3. The molecule has 1 atom stereocenters. The summed E-state index contributed by atoms with van der Waals surface area (Å²) in [5.41, 5.74) is -1.47. The summed E-state index contributed by atoms with van der Waals surface area (Å²) in [6, 6.07) is 2.64. The van der Waals surface area contributed by atoms with E-state index in [1.807, 2.05) is 0 Å². The van der Waals surface area contributed by atoms with Crippen LogP contribution in [0.2, 0.25) is 0 Å². The number of pyridine rings is 2. The molecule has 0 saturated carbocycles. The Labute approximate surface area is 200 Å². The van der Waals surface area contributed by atoms with Crippen LogP contribution in [0.3, 0.4) is 0 Å². The summed E-state index contributed by atoms with van der Waals surface area (Å²) >= 11 is 0. The Morgan fingerprint density at radius 3 is 2.64 bits per heavy atom. The highest BCUT2D eigenvalue weighted by Gasteiger charge is 2.49. The van der Waals surface area contributed by atoms with Crippen LogP contribution < -0.4 is 15.0 Å². The number of nitrogens with zero attached hydrogens (tertiary/aromatic N) is 3. The van der Waals surface area contributed by atoms with E-state index in [4.69, 9.17) is 4.74 Å². The number of aromatic nitrogens is 2. The highest BCUT2D eigenvalue weighted by molar-refractivity contribution is 5.99. The average molecular weight is 501 g/mol. The van der Waals surface area contributed by atoms with Crippen LogP contribution in [0.15, 0.2) is 16.9 Å². The molecule has 0 radical (unpaired) electrons. The number of ether oxygens (including phenoxy) is 3. The van der Waals surface area contributed by atoms with E-state index in [2.05, 4.69) is 14.5 Å². The molecule has 1 unspecified atom stereocenters. The minimum absolute atomic E-state index is 0.00105. The molecule has 1 N–H and O–H groups in total. The van der Waals surface area contributed by atoms with Crippen LogP contribution in [0.25, 0.3) is 22.3 Å². The second kappa shape index (κ2) is 6.97. The SMILES string of the molecule is CCc1c2c(nc3cc4c(c([N+](=O)[O-])c13)OC(F)(F)O4)-c1cc3c(c(=O)n1C2)COC(=O)C3(O)CC. The van der Waals surface area contributed by atoms with Crippen molar-refractivity contribution in [2.75, 3.05) is 0 Å². The Kier molecular flexibility index (Phi) is 4.32. The first-order valence-electron chi connectivity index (χ1n) is 11.1. The number of hydrogen-bond acceptors (Lipinski definition) is 9. The Bertz CT molecular complexity index is 1620. The van der Waals surface area contributed by atoms with Gasteiger partial charge >= 0.3 is 18.0 Å². The molecule has 0 fully saturated rings. The van der Waals surface area contributed by atoms with Crippen LogP contribution in [0.4, 0.5) is 14.5 Å². The zero-order valence-corrected chi connectivity index (χ0v) is 18.9. The summed E-state index contributed by atoms with van der Waals surface area (Å²) in [6.07, 6.45) is -3.86. The van der Waals surface area contributed by atoms with Crippen LogP contribution in [0.5, 0.6) is 11.5 Å². The molecule has 3 aliphatic heterocycles. The van der Waals surface area contributed by atoms with Gasteiger partial charge in [0, 0.05) is 17.2 Å². The van der Waals surface area contributed by atoms with E-state index in [-0.39, 0.29) is 59.4 Å². The van der Waals surface area contributed by atoms with Gasteiger partial charge in [-0.2, -0.15) is 0 Å². The number of hydrogen-bond donors (Lipinski definition) is 1. The fourth-order valence-electron chi connectivity index (χ4n) is 5.28. The van der Waals surface area contributed by atoms with Gasteiger partial charge in [-0.1, -0.05) is 13.8 Å². The number of nitro groups is 1. The van der Waals surface area contributed by atoms with Gasteiger partial charge in [-0.3, -0.25) is 14.9 Å². The first-order chi connectivity index (χ1) is 17.0. The number of carbonyl (C=O) groups excluding carboxylic acids is 1. The first kappa shape index (κ1) is 22.3. The predicted octanol–water partition coefficient (Wildman–Crippen LogP) is 2.87. The first-order valence-corrected chi connectivity index (χ1v) is 11.1. The molecule has 0 saturated heterocycles. The van der Waals surface area contributed by atoms with Crippen molar-refractivity contribution in [2.45, 2.75) is 51.7 Å². The lowest BCUT2D eigenvalue weighted by molar-refractivity contribution is -0.385. The van der Waals surface area contributed by atoms with Crippen LogP contribution in [-0.4, -0.2) is 31.8 Å². The van der Waals surface area contributed by atoms with Crippen molar-refractivity contribution < 1.29 is 37.8 Å². The molecule has 3 aromatic rings. The number of halogens is 2. The van der Waals surface area contributed by atoms with Gasteiger partial charge in [0.05, 0.1) is 39.3 Å². The summed E-state index contributed by atoms with van der Waals surface area (Å²) < 4.78 is 43.0. The number of rotatable bonds is 3. The molecule has 0 spiro atoms. The van der Waals surface area contributed by atoms with Gasteiger partial charge in [0.15, 0.2) is 11.4 Å². The number of fused-ring (bicyclic) bond motifs is 6. The van der Waals surface area contributed by atoms with E-state index < -0.39 is 45.5 Å². The van der Waals surface area contributed by atoms with Gasteiger partial charge in [0.25, 0.3) is 11.3 Å². The summed E-state index contributed by atoms with van der Waals surface area (Å²) in [5, 5.41) is 23.0. The molecular formula is C23H17F2N3O8. The number of benzene rings is 1. The number of esters is 1. The van der Waals surface area contributed by atoms with Crippen molar-refractivity contribution in [3.63, 3.8) is 0 Å². The molecule has 6 rings (SSSR count). The lowest BCUT2D eigenvalue weighted by atomic mass is 9.86. The van der Waals surface area contributed by atoms with E-state index >= 15 is 0 Å². The third-order valence-electron chi connectivity index (χ3n) is 6.97. The topological polar surface area (TPSA) is 143 Å². The lowest BCUT2D eigenvalue weighted by Crippen LogP contribution is -2.44. The normalized spacial score (nSPS) is 20.6. The summed E-state index contributed by atoms with van der Waals surface area (Å²) in [7, 11) is 0. The number of aliphatic hydroxyl groups is 1. The van der Waals surface area contributed by atoms with Crippen molar-refractivity contribution in [2.24, 2.45) is 0 Å². The number of cyclic esters (lactones) is 1. The summed E-state index contributed by atoms with van der Waals surface area (Å²) in [5.74, 6) is -2.09. The third-order valence-corrected chi connectivity index (χ3v) is 6.97. The molecule has 2 aromatic heterocycles. The number of aryl methyl sites for hydroxylation is 1. The monoisotopic (exact) mass is 501 g/mol. The fraction of sp³-hybridized carbons (Fsp3) is 0.348. The van der Waals surface area contributed by atoms with Gasteiger partial charge in [-0.05, 0) is 24.5 Å². The molecular weight excluding hydrogens is 484 g/mol. The second-order valence-electron chi connectivity index (χ2n) is 8.75. The molecule has 36 heavy (non-hydrogen) atoms. The zero-order chi connectivity index (χ0) is 25.7. The largest absolute Gasteiger partial charge is 0.586 e. The van der Waals surface area contributed by atoms with Gasteiger partial charge in [0.1, 0.15) is 6.61 Å². The molecule has 1 aromatic carbocycles. The van der Waals surface area contributed by atoms with Crippen molar-refractivity contribution in [1.29, 1.82) is 0 Å². The molecule has 13 heteroatoms. The van der Waals surface area contributed by atoms with Gasteiger partial charge < -0.3 is 23.9 Å². The molecule has 186 valence electrons. The quantitative estimate of drug-likeness (QED) is 0.255. The smallest absolute Gasteiger partial charge is 0.458 e. The van der Waals surface area contributed by atoms with Crippen molar-refractivity contribution in [3.8, 4) is 22.9 Å². The Hall–Kier alpha value is -4.13. The number of alkyl halides is 2. The standard InChI is InChI=1S/C23H17F2N3O8/c1-3-9-10-7-27-14(5-12-11(20(27)29)8-34-21(30)22(12,31)4-2)17(10)26-13-6-15-19(36-23(24,25)35-15)18(16(9)13)28(32)33/h5-6,31H,3-4,7-8H2,1-2H3. The van der Waals surface area contributed by atoms with E-state index in [1.165, 1.54) is 10.6 Å². The molecule has 0 aliphatic carbocycles. The lowest BCUT2D eigenvalue weighted by Gasteiger charge is -2.31. The van der Waals surface area contributed by atoms with Gasteiger partial charge in [-0.25, -0.2) is 9.78 Å². The molecule has 3 aliphatic rings. The van der Waals surface area contributed by atoms with Crippen molar-refractivity contribution in [3.05, 3.63) is 54.9 Å². The summed E-state index contributed by atoms with van der Waals surface area (Å²) in [6.45, 7) is 3.01. The zero-order valence-electron chi connectivity index (χ0n) is 18.9. The molecule has 0 bridgehead atoms. The molecule has 0 amide bonds. The fourth-order valence-corrected chi connectivity index (χ4v) is 5.28. The second-order valence-corrected chi connectivity index (χ2v) is 8.75. The van der Waals surface area contributed by atoms with Crippen LogP contribution in [-0.2, 0) is 34.7 Å². The molecule has 5 heterocycles. The van der Waals surface area contributed by atoms with Gasteiger partial charge in [-0.15, -0.1) is 8.78 Å². The van der Waals surface area contributed by atoms with Crippen LogP contribution in [0, 0.1) is 10.1 Å². The van der Waals surface area contributed by atoms with Crippen LogP contribution >= 0.6 is 0 Å². The van der Waals surface area contributed by atoms with E-state index in [9.17, 15) is 33.6 Å².